The van der Waals surface area contributed by atoms with Crippen LogP contribution in [0.5, 0.6) is 5.75 Å². The Bertz CT molecular complexity index is 326. The van der Waals surface area contributed by atoms with Crippen molar-refractivity contribution in [3.8, 4) is 5.75 Å². The summed E-state index contributed by atoms with van der Waals surface area (Å²) < 4.78 is 5.67. The highest BCUT2D eigenvalue weighted by molar-refractivity contribution is 5.33. The Kier molecular flexibility index (Phi) is 6.01. The number of para-hydroxylation sites is 1. The van der Waals surface area contributed by atoms with E-state index < -0.39 is 6.10 Å². The quantitative estimate of drug-likeness (QED) is 0.762. The second-order valence-corrected chi connectivity index (χ2v) is 4.62. The van der Waals surface area contributed by atoms with Gasteiger partial charge in [-0.1, -0.05) is 32.0 Å². The molecule has 0 heterocycles. The number of ether oxygens (including phenoxy) is 1. The Morgan fingerprint density at radius 3 is 2.65 bits per heavy atom. The molecule has 1 aromatic rings. The van der Waals surface area contributed by atoms with Gasteiger partial charge in [0.15, 0.2) is 0 Å². The minimum Gasteiger partial charge on any atom is -0.491 e. The van der Waals surface area contributed by atoms with E-state index in [2.05, 4.69) is 0 Å². The van der Waals surface area contributed by atoms with Crippen LogP contribution < -0.4 is 10.5 Å². The first-order chi connectivity index (χ1) is 8.15. The van der Waals surface area contributed by atoms with Crippen molar-refractivity contribution in [3.05, 3.63) is 29.8 Å². The highest BCUT2D eigenvalue weighted by Crippen LogP contribution is 2.20. The van der Waals surface area contributed by atoms with Gasteiger partial charge >= 0.3 is 0 Å². The van der Waals surface area contributed by atoms with Gasteiger partial charge in [-0.25, -0.2) is 0 Å². The fourth-order valence-corrected chi connectivity index (χ4v) is 1.51. The zero-order chi connectivity index (χ0) is 12.7. The summed E-state index contributed by atoms with van der Waals surface area (Å²) in [5, 5.41) is 9.71. The zero-order valence-corrected chi connectivity index (χ0v) is 10.7. The minimum atomic E-state index is -0.419. The summed E-state index contributed by atoms with van der Waals surface area (Å²) in [4.78, 5) is 0. The third-order valence-corrected chi connectivity index (χ3v) is 2.80. The number of aryl methyl sites for hydroxylation is 1. The first-order valence-electron chi connectivity index (χ1n) is 6.24. The largest absolute Gasteiger partial charge is 0.491 e. The van der Waals surface area contributed by atoms with E-state index in [1.165, 1.54) is 0 Å². The Hall–Kier alpha value is -1.06. The summed E-state index contributed by atoms with van der Waals surface area (Å²) in [5.41, 5.74) is 6.67. The van der Waals surface area contributed by atoms with Gasteiger partial charge in [0.2, 0.25) is 0 Å². The fourth-order valence-electron chi connectivity index (χ4n) is 1.51. The standard InChI is InChI=1S/C14H23NO2/c1-11(2)13(16)10-17-14-8-4-3-6-12(14)7-5-9-15/h3-4,6,8,11,13,16H,5,7,9-10,15H2,1-2H3. The predicted molar refractivity (Wildman–Crippen MR) is 70.2 cm³/mol. The van der Waals surface area contributed by atoms with Crippen LogP contribution in [-0.2, 0) is 6.42 Å². The maximum absolute atomic E-state index is 9.71. The molecular weight excluding hydrogens is 214 g/mol. The predicted octanol–water partition coefficient (Wildman–Crippen LogP) is 1.97. The lowest BCUT2D eigenvalue weighted by atomic mass is 10.1. The van der Waals surface area contributed by atoms with Gasteiger partial charge in [0, 0.05) is 0 Å². The monoisotopic (exact) mass is 237 g/mol. The first-order valence-corrected chi connectivity index (χ1v) is 6.24. The number of rotatable bonds is 7. The third-order valence-electron chi connectivity index (χ3n) is 2.80. The maximum Gasteiger partial charge on any atom is 0.122 e. The smallest absolute Gasteiger partial charge is 0.122 e. The van der Waals surface area contributed by atoms with Crippen LogP contribution in [0.3, 0.4) is 0 Å². The van der Waals surface area contributed by atoms with E-state index in [1.807, 2.05) is 38.1 Å². The SMILES string of the molecule is CC(C)C(O)COc1ccccc1CCCN. The van der Waals surface area contributed by atoms with Crippen LogP contribution >= 0.6 is 0 Å². The number of nitrogens with two attached hydrogens (primary N) is 1. The van der Waals surface area contributed by atoms with Crippen LogP contribution in [0.2, 0.25) is 0 Å². The van der Waals surface area contributed by atoms with Gasteiger partial charge in [-0.2, -0.15) is 0 Å². The summed E-state index contributed by atoms with van der Waals surface area (Å²) in [6.07, 6.45) is 1.45. The molecule has 0 aliphatic heterocycles. The molecule has 96 valence electrons. The van der Waals surface area contributed by atoms with Gasteiger partial charge in [0.25, 0.3) is 0 Å². The summed E-state index contributed by atoms with van der Waals surface area (Å²) in [5.74, 6) is 1.08. The maximum atomic E-state index is 9.71. The van der Waals surface area contributed by atoms with Gasteiger partial charge in [-0.05, 0) is 36.9 Å². The summed E-state index contributed by atoms with van der Waals surface area (Å²) in [6.45, 7) is 4.99. The van der Waals surface area contributed by atoms with E-state index in [0.717, 1.165) is 24.2 Å². The van der Waals surface area contributed by atoms with E-state index in [-0.39, 0.29) is 5.92 Å². The molecule has 0 saturated carbocycles. The van der Waals surface area contributed by atoms with E-state index in [1.54, 1.807) is 0 Å². The molecule has 0 bridgehead atoms. The van der Waals surface area contributed by atoms with Crippen molar-refractivity contribution in [3.63, 3.8) is 0 Å². The van der Waals surface area contributed by atoms with Crippen LogP contribution in [0.1, 0.15) is 25.8 Å². The Morgan fingerprint density at radius 1 is 1.29 bits per heavy atom. The van der Waals surface area contributed by atoms with Gasteiger partial charge in [-0.15, -0.1) is 0 Å². The first kappa shape index (κ1) is 14.0. The van der Waals surface area contributed by atoms with Crippen molar-refractivity contribution < 1.29 is 9.84 Å². The molecule has 0 spiro atoms. The van der Waals surface area contributed by atoms with Crippen LogP contribution in [0.15, 0.2) is 24.3 Å². The molecule has 0 amide bonds. The molecule has 0 fully saturated rings. The van der Waals surface area contributed by atoms with Gasteiger partial charge in [0.1, 0.15) is 12.4 Å². The summed E-state index contributed by atoms with van der Waals surface area (Å²) >= 11 is 0. The van der Waals surface area contributed by atoms with Gasteiger partial charge in [-0.3, -0.25) is 0 Å². The molecule has 3 N–H and O–H groups in total. The molecular formula is C14H23NO2. The highest BCUT2D eigenvalue weighted by Gasteiger charge is 2.11. The molecule has 0 saturated heterocycles. The second-order valence-electron chi connectivity index (χ2n) is 4.62. The molecule has 1 rings (SSSR count). The topological polar surface area (TPSA) is 55.5 Å². The van der Waals surface area contributed by atoms with Crippen LogP contribution in [0.4, 0.5) is 0 Å². The molecule has 1 aromatic carbocycles. The number of aliphatic hydroxyl groups excluding tert-OH is 1. The zero-order valence-electron chi connectivity index (χ0n) is 10.7. The van der Waals surface area contributed by atoms with E-state index in [9.17, 15) is 5.11 Å². The second kappa shape index (κ2) is 7.30. The lowest BCUT2D eigenvalue weighted by Gasteiger charge is -2.17. The van der Waals surface area contributed by atoms with Gasteiger partial charge < -0.3 is 15.6 Å². The van der Waals surface area contributed by atoms with Crippen LogP contribution in [0.25, 0.3) is 0 Å². The Balaban J connectivity index is 2.57. The molecule has 17 heavy (non-hydrogen) atoms. The third kappa shape index (κ3) is 4.75. The van der Waals surface area contributed by atoms with E-state index in [0.29, 0.717) is 13.2 Å². The normalized spacial score (nSPS) is 12.8. The minimum absolute atomic E-state index is 0.214. The molecule has 1 unspecified atom stereocenters. The Morgan fingerprint density at radius 2 is 2.00 bits per heavy atom. The molecule has 0 aliphatic carbocycles. The van der Waals surface area contributed by atoms with Crippen molar-refractivity contribution in [2.75, 3.05) is 13.2 Å². The number of benzene rings is 1. The van der Waals surface area contributed by atoms with Crippen molar-refractivity contribution in [2.45, 2.75) is 32.8 Å². The number of hydrogen-bond acceptors (Lipinski definition) is 3. The summed E-state index contributed by atoms with van der Waals surface area (Å²) in [6, 6.07) is 7.94. The van der Waals surface area contributed by atoms with Crippen molar-refractivity contribution in [1.29, 1.82) is 0 Å². The van der Waals surface area contributed by atoms with E-state index >= 15 is 0 Å². The van der Waals surface area contributed by atoms with Crippen LogP contribution in [-0.4, -0.2) is 24.4 Å². The van der Waals surface area contributed by atoms with Crippen molar-refractivity contribution in [2.24, 2.45) is 11.7 Å². The lowest BCUT2D eigenvalue weighted by Crippen LogP contribution is -2.23. The molecule has 0 aliphatic rings. The average molecular weight is 237 g/mol. The molecule has 3 heteroatoms. The lowest BCUT2D eigenvalue weighted by molar-refractivity contribution is 0.0697. The van der Waals surface area contributed by atoms with Gasteiger partial charge in [0.05, 0.1) is 6.10 Å². The van der Waals surface area contributed by atoms with Crippen molar-refractivity contribution in [1.82, 2.24) is 0 Å². The number of aliphatic hydroxyl groups is 1. The van der Waals surface area contributed by atoms with Crippen LogP contribution in [0, 0.1) is 5.92 Å². The fraction of sp³-hybridized carbons (Fsp3) is 0.571. The molecule has 3 nitrogen and oxygen atoms in total. The van der Waals surface area contributed by atoms with Crippen molar-refractivity contribution >= 4 is 0 Å². The number of hydrogen-bond donors (Lipinski definition) is 2. The summed E-state index contributed by atoms with van der Waals surface area (Å²) in [7, 11) is 0. The molecule has 1 atom stereocenters. The molecule has 0 radical (unpaired) electrons. The highest BCUT2D eigenvalue weighted by atomic mass is 16.5. The van der Waals surface area contributed by atoms with E-state index in [4.69, 9.17) is 10.5 Å². The molecule has 0 aromatic heterocycles. The average Bonchev–Trinajstić information content (AvgIpc) is 2.34. The Labute approximate surface area is 104 Å².